The molecule has 0 aromatic carbocycles. The summed E-state index contributed by atoms with van der Waals surface area (Å²) in [5.74, 6) is -0.847. The highest BCUT2D eigenvalue weighted by molar-refractivity contribution is 7.47. The fourth-order valence-corrected chi connectivity index (χ4v) is 6.42. The number of likely N-dealkylation sites (N-methyl/N-ethyl adjacent to an activating group) is 1. The average Bonchev–Trinajstić information content (AvgIpc) is 3.17. The minimum Gasteiger partial charge on any atom is -0.462 e. The second-order valence-electron chi connectivity index (χ2n) is 16.0. The van der Waals surface area contributed by atoms with Crippen LogP contribution in [0.3, 0.4) is 0 Å². The third kappa shape index (κ3) is 43.0. The van der Waals surface area contributed by atoms with Crippen molar-refractivity contribution in [3.05, 3.63) is 72.9 Å². The number of hydrogen-bond acceptors (Lipinski definition) is 7. The molecule has 0 spiro atoms. The van der Waals surface area contributed by atoms with Crippen molar-refractivity contribution in [2.24, 2.45) is 0 Å². The van der Waals surface area contributed by atoms with Crippen LogP contribution in [0, 0.1) is 0 Å². The van der Waals surface area contributed by atoms with Gasteiger partial charge in [-0.1, -0.05) is 145 Å². The zero-order valence-electron chi connectivity index (χ0n) is 37.5. The van der Waals surface area contributed by atoms with E-state index in [2.05, 4.69) is 86.8 Å². The van der Waals surface area contributed by atoms with Gasteiger partial charge >= 0.3 is 19.8 Å². The van der Waals surface area contributed by atoms with Crippen LogP contribution < -0.4 is 0 Å². The van der Waals surface area contributed by atoms with Crippen molar-refractivity contribution in [2.45, 2.75) is 174 Å². The topological polar surface area (TPSA) is 108 Å². The Bertz CT molecular complexity index is 1220. The summed E-state index contributed by atoms with van der Waals surface area (Å²) in [6, 6.07) is 0. The highest BCUT2D eigenvalue weighted by Gasteiger charge is 2.27. The molecule has 0 aromatic rings. The van der Waals surface area contributed by atoms with Gasteiger partial charge in [-0.25, -0.2) is 4.57 Å². The molecule has 58 heavy (non-hydrogen) atoms. The van der Waals surface area contributed by atoms with Crippen LogP contribution in [-0.4, -0.2) is 74.9 Å². The van der Waals surface area contributed by atoms with Gasteiger partial charge in [-0.15, -0.1) is 0 Å². The molecule has 9 nitrogen and oxygen atoms in total. The number of carbonyl (C=O) groups excluding carboxylic acids is 2. The molecule has 10 heteroatoms. The summed E-state index contributed by atoms with van der Waals surface area (Å²) in [6.07, 6.45) is 49.5. The van der Waals surface area contributed by atoms with E-state index in [9.17, 15) is 19.0 Å². The number of unbranched alkanes of at least 4 members (excludes halogenated alkanes) is 14. The second-order valence-corrected chi connectivity index (χ2v) is 17.5. The third-order valence-corrected chi connectivity index (χ3v) is 10.2. The Morgan fingerprint density at radius 3 is 1.50 bits per heavy atom. The molecule has 0 amide bonds. The number of rotatable bonds is 40. The first kappa shape index (κ1) is 55.5. The van der Waals surface area contributed by atoms with Gasteiger partial charge < -0.3 is 18.9 Å². The summed E-state index contributed by atoms with van der Waals surface area (Å²) < 4.78 is 34.3. The molecule has 0 heterocycles. The third-order valence-electron chi connectivity index (χ3n) is 9.22. The maximum Gasteiger partial charge on any atom is 0.472 e. The molecule has 1 N–H and O–H groups in total. The van der Waals surface area contributed by atoms with Crippen molar-refractivity contribution in [2.75, 3.05) is 47.5 Å². The zero-order chi connectivity index (χ0) is 42.8. The van der Waals surface area contributed by atoms with Gasteiger partial charge in [0.15, 0.2) is 6.10 Å². The van der Waals surface area contributed by atoms with Crippen LogP contribution in [0.25, 0.3) is 0 Å². The van der Waals surface area contributed by atoms with Crippen LogP contribution in [0.1, 0.15) is 168 Å². The molecule has 0 aromatic heterocycles. The van der Waals surface area contributed by atoms with Crippen LogP contribution in [-0.2, 0) is 32.7 Å². The SMILES string of the molecule is CC/C=C\C/C=C\C/C=C\C/C=C\C/C=C\CCCCCC(=O)O[C@H](COC(=O)CCCCCCCCC/C=C\CCCCCC)COP(=O)(O)OCC[N+](C)(C)C. The normalized spacial score (nSPS) is 14.2. The van der Waals surface area contributed by atoms with E-state index < -0.39 is 26.5 Å². The molecule has 1 unspecified atom stereocenters. The number of carbonyl (C=O) groups is 2. The van der Waals surface area contributed by atoms with E-state index >= 15 is 0 Å². The summed E-state index contributed by atoms with van der Waals surface area (Å²) in [6.45, 7) is 4.24. The van der Waals surface area contributed by atoms with E-state index in [1.54, 1.807) is 0 Å². The predicted molar refractivity (Wildman–Crippen MR) is 242 cm³/mol. The maximum atomic E-state index is 12.7. The average molecular weight is 835 g/mol. The van der Waals surface area contributed by atoms with E-state index in [0.717, 1.165) is 83.5 Å². The molecule has 0 fully saturated rings. The first-order valence-corrected chi connectivity index (χ1v) is 24.2. The summed E-state index contributed by atoms with van der Waals surface area (Å²) in [7, 11) is 1.44. The standard InChI is InChI=1S/C48H84NO8P/c1-6-8-10-12-14-16-18-20-22-23-24-25-27-29-31-33-35-37-39-41-48(51)57-46(45-56-58(52,53)55-43-42-49(3,4)5)44-54-47(50)40-38-36-34-32-30-28-26-21-19-17-15-13-11-9-7-2/h8,10,14,16-17,19-20,22,24-25,29,31,46H,6-7,9,11-13,15,18,21,23,26-28,30,32-45H2,1-5H3/p+1/b10-8-,16-14-,19-17-,22-20-,25-24-,31-29-/t46-/m1/s1. The molecule has 0 aliphatic rings. The summed E-state index contributed by atoms with van der Waals surface area (Å²) in [5, 5.41) is 0. The van der Waals surface area contributed by atoms with Crippen molar-refractivity contribution in [1.29, 1.82) is 0 Å². The number of esters is 2. The van der Waals surface area contributed by atoms with Gasteiger partial charge in [-0.3, -0.25) is 18.6 Å². The minimum atomic E-state index is -4.39. The largest absolute Gasteiger partial charge is 0.472 e. The van der Waals surface area contributed by atoms with Crippen LogP contribution in [0.5, 0.6) is 0 Å². The van der Waals surface area contributed by atoms with E-state index in [1.165, 1.54) is 51.4 Å². The van der Waals surface area contributed by atoms with Crippen LogP contribution in [0.15, 0.2) is 72.9 Å². The lowest BCUT2D eigenvalue weighted by Gasteiger charge is -2.24. The fraction of sp³-hybridized carbons (Fsp3) is 0.708. The van der Waals surface area contributed by atoms with Gasteiger partial charge in [0.1, 0.15) is 19.8 Å². The Balaban J connectivity index is 4.43. The lowest BCUT2D eigenvalue weighted by molar-refractivity contribution is -0.870. The Kier molecular flexibility index (Phi) is 38.1. The van der Waals surface area contributed by atoms with Gasteiger partial charge in [-0.2, -0.15) is 0 Å². The number of hydrogen-bond donors (Lipinski definition) is 1. The fourth-order valence-electron chi connectivity index (χ4n) is 5.68. The molecule has 0 aliphatic carbocycles. The molecule has 0 saturated heterocycles. The Labute approximate surface area is 355 Å². The van der Waals surface area contributed by atoms with Gasteiger partial charge in [0.05, 0.1) is 27.7 Å². The summed E-state index contributed by atoms with van der Waals surface area (Å²) >= 11 is 0. The predicted octanol–water partition coefficient (Wildman–Crippen LogP) is 13.0. The highest BCUT2D eigenvalue weighted by Crippen LogP contribution is 2.43. The zero-order valence-corrected chi connectivity index (χ0v) is 38.4. The monoisotopic (exact) mass is 835 g/mol. The number of ether oxygens (including phenoxy) is 2. The Morgan fingerprint density at radius 2 is 0.983 bits per heavy atom. The van der Waals surface area contributed by atoms with Crippen molar-refractivity contribution >= 4 is 19.8 Å². The molecule has 0 radical (unpaired) electrons. The first-order chi connectivity index (χ1) is 28.0. The molecule has 0 rings (SSSR count). The van der Waals surface area contributed by atoms with E-state index in [-0.39, 0.29) is 32.0 Å². The van der Waals surface area contributed by atoms with Crippen molar-refractivity contribution in [1.82, 2.24) is 0 Å². The Morgan fingerprint density at radius 1 is 0.552 bits per heavy atom. The Hall–Kier alpha value is -2.55. The summed E-state index contributed by atoms with van der Waals surface area (Å²) in [4.78, 5) is 35.4. The smallest absolute Gasteiger partial charge is 0.462 e. The number of phosphoric acid groups is 1. The van der Waals surface area contributed by atoms with Crippen LogP contribution in [0.2, 0.25) is 0 Å². The highest BCUT2D eigenvalue weighted by atomic mass is 31.2. The molecular formula is C48H85NO8P+. The number of phosphoric ester groups is 1. The minimum absolute atomic E-state index is 0.0208. The molecule has 0 aliphatic heterocycles. The van der Waals surface area contributed by atoms with Gasteiger partial charge in [0, 0.05) is 12.8 Å². The number of allylic oxidation sites excluding steroid dienone is 12. The van der Waals surface area contributed by atoms with Gasteiger partial charge in [0.2, 0.25) is 0 Å². The maximum absolute atomic E-state index is 12.7. The van der Waals surface area contributed by atoms with Crippen molar-refractivity contribution in [3.8, 4) is 0 Å². The van der Waals surface area contributed by atoms with Gasteiger partial charge in [-0.05, 0) is 83.5 Å². The summed E-state index contributed by atoms with van der Waals surface area (Å²) in [5.41, 5.74) is 0. The molecular weight excluding hydrogens is 750 g/mol. The number of nitrogens with zero attached hydrogens (tertiary/aromatic N) is 1. The van der Waals surface area contributed by atoms with E-state index in [0.29, 0.717) is 17.4 Å². The second kappa shape index (κ2) is 39.9. The van der Waals surface area contributed by atoms with E-state index in [4.69, 9.17) is 18.5 Å². The van der Waals surface area contributed by atoms with Crippen molar-refractivity contribution < 1.29 is 42.1 Å². The molecule has 0 saturated carbocycles. The first-order valence-electron chi connectivity index (χ1n) is 22.7. The lowest BCUT2D eigenvalue weighted by atomic mass is 10.1. The van der Waals surface area contributed by atoms with Gasteiger partial charge in [0.25, 0.3) is 0 Å². The van der Waals surface area contributed by atoms with Crippen LogP contribution >= 0.6 is 7.82 Å². The molecule has 2 atom stereocenters. The molecule has 0 bridgehead atoms. The van der Waals surface area contributed by atoms with Crippen molar-refractivity contribution in [3.63, 3.8) is 0 Å². The lowest BCUT2D eigenvalue weighted by Crippen LogP contribution is -2.37. The van der Waals surface area contributed by atoms with E-state index in [1.807, 2.05) is 21.1 Å². The number of quaternary nitrogens is 1. The quantitative estimate of drug-likeness (QED) is 0.0214. The van der Waals surface area contributed by atoms with Crippen LogP contribution in [0.4, 0.5) is 0 Å². The molecule has 334 valence electrons.